The molecule has 2 rings (SSSR count). The predicted molar refractivity (Wildman–Crippen MR) is 60.5 cm³/mol. The van der Waals surface area contributed by atoms with Crippen molar-refractivity contribution in [1.82, 2.24) is 10.2 Å². The second kappa shape index (κ2) is 5.13. The van der Waals surface area contributed by atoms with E-state index in [1.165, 1.54) is 51.6 Å². The van der Waals surface area contributed by atoms with Crippen molar-refractivity contribution in [3.63, 3.8) is 0 Å². The molecule has 2 nitrogen and oxygen atoms in total. The molecule has 1 N–H and O–H groups in total. The van der Waals surface area contributed by atoms with Gasteiger partial charge < -0.3 is 10.2 Å². The molecule has 0 radical (unpaired) electrons. The highest BCUT2D eigenvalue weighted by Gasteiger charge is 2.26. The molecule has 0 unspecified atom stereocenters. The fourth-order valence-corrected chi connectivity index (χ4v) is 3.03. The van der Waals surface area contributed by atoms with Crippen LogP contribution in [-0.2, 0) is 0 Å². The molecular formula is C12H24N2. The van der Waals surface area contributed by atoms with Crippen LogP contribution in [0.2, 0.25) is 0 Å². The Bertz CT molecular complexity index is 156. The van der Waals surface area contributed by atoms with Crippen molar-refractivity contribution >= 4 is 0 Å². The van der Waals surface area contributed by atoms with Crippen LogP contribution < -0.4 is 5.32 Å². The molecule has 1 aliphatic carbocycles. The van der Waals surface area contributed by atoms with Gasteiger partial charge in [0.1, 0.15) is 0 Å². The number of rotatable bonds is 3. The first kappa shape index (κ1) is 10.4. The summed E-state index contributed by atoms with van der Waals surface area (Å²) in [4.78, 5) is 2.74. The Morgan fingerprint density at radius 3 is 2.29 bits per heavy atom. The number of hydrogen-bond donors (Lipinski definition) is 1. The van der Waals surface area contributed by atoms with Crippen molar-refractivity contribution < 1.29 is 0 Å². The van der Waals surface area contributed by atoms with E-state index >= 15 is 0 Å². The first-order chi connectivity index (χ1) is 6.90. The van der Waals surface area contributed by atoms with E-state index in [-0.39, 0.29) is 0 Å². The Morgan fingerprint density at radius 1 is 1.07 bits per heavy atom. The summed E-state index contributed by atoms with van der Waals surface area (Å²) in [5.74, 6) is 0. The molecule has 0 spiro atoms. The molecule has 0 aromatic rings. The average molecular weight is 196 g/mol. The molecule has 1 saturated carbocycles. The smallest absolute Gasteiger partial charge is 0.00952 e. The highest BCUT2D eigenvalue weighted by Crippen LogP contribution is 2.25. The van der Waals surface area contributed by atoms with Gasteiger partial charge in [0, 0.05) is 12.1 Å². The average Bonchev–Trinajstić information content (AvgIpc) is 2.72. The van der Waals surface area contributed by atoms with E-state index in [1.807, 2.05) is 0 Å². The fraction of sp³-hybridized carbons (Fsp3) is 1.00. The molecule has 0 aromatic carbocycles. The maximum absolute atomic E-state index is 3.57. The van der Waals surface area contributed by atoms with Gasteiger partial charge in [0.05, 0.1) is 0 Å². The van der Waals surface area contributed by atoms with Crippen LogP contribution in [0.1, 0.15) is 45.4 Å². The maximum Gasteiger partial charge on any atom is 0.00952 e. The van der Waals surface area contributed by atoms with Gasteiger partial charge in [-0.25, -0.2) is 0 Å². The predicted octanol–water partition coefficient (Wildman–Crippen LogP) is 2.00. The number of nitrogens with zero attached hydrogens (tertiary/aromatic N) is 1. The second-order valence-corrected chi connectivity index (χ2v) is 4.81. The second-order valence-electron chi connectivity index (χ2n) is 4.81. The zero-order chi connectivity index (χ0) is 9.80. The van der Waals surface area contributed by atoms with Gasteiger partial charge in [-0.1, -0.05) is 19.8 Å². The van der Waals surface area contributed by atoms with E-state index in [9.17, 15) is 0 Å². The van der Waals surface area contributed by atoms with Crippen LogP contribution in [0.5, 0.6) is 0 Å². The maximum atomic E-state index is 3.57. The van der Waals surface area contributed by atoms with Crippen LogP contribution >= 0.6 is 0 Å². The summed E-state index contributed by atoms with van der Waals surface area (Å²) in [7, 11) is 0. The lowest BCUT2D eigenvalue weighted by Gasteiger charge is -2.36. The molecule has 1 heterocycles. The molecular weight excluding hydrogens is 172 g/mol. The van der Waals surface area contributed by atoms with Crippen molar-refractivity contribution in [3.8, 4) is 0 Å². The number of hydrogen-bond acceptors (Lipinski definition) is 2. The lowest BCUT2D eigenvalue weighted by molar-refractivity contribution is 0.146. The molecule has 0 atom stereocenters. The van der Waals surface area contributed by atoms with Gasteiger partial charge in [-0.15, -0.1) is 0 Å². The minimum atomic E-state index is 0.803. The van der Waals surface area contributed by atoms with Crippen LogP contribution in [0.4, 0.5) is 0 Å². The van der Waals surface area contributed by atoms with E-state index in [0.29, 0.717) is 0 Å². The third-order valence-electron chi connectivity index (χ3n) is 3.86. The molecule has 82 valence electrons. The minimum Gasteiger partial charge on any atom is -0.314 e. The third-order valence-corrected chi connectivity index (χ3v) is 3.86. The Labute approximate surface area is 88.1 Å². The van der Waals surface area contributed by atoms with Gasteiger partial charge in [-0.2, -0.15) is 0 Å². The van der Waals surface area contributed by atoms with Crippen LogP contribution in [0, 0.1) is 0 Å². The lowest BCUT2D eigenvalue weighted by Crippen LogP contribution is -2.45. The highest BCUT2D eigenvalue weighted by atomic mass is 15.2. The van der Waals surface area contributed by atoms with Crippen LogP contribution in [0.3, 0.4) is 0 Å². The quantitative estimate of drug-likeness (QED) is 0.743. The Morgan fingerprint density at radius 2 is 1.71 bits per heavy atom. The summed E-state index contributed by atoms with van der Waals surface area (Å²) in [5.41, 5.74) is 0. The first-order valence-electron chi connectivity index (χ1n) is 6.37. The largest absolute Gasteiger partial charge is 0.314 e. The molecule has 2 heteroatoms. The Kier molecular flexibility index (Phi) is 3.82. The van der Waals surface area contributed by atoms with Crippen molar-refractivity contribution in [2.45, 2.75) is 57.5 Å². The van der Waals surface area contributed by atoms with Gasteiger partial charge in [0.2, 0.25) is 0 Å². The molecule has 0 bridgehead atoms. The van der Waals surface area contributed by atoms with Crippen molar-refractivity contribution in [3.05, 3.63) is 0 Å². The van der Waals surface area contributed by atoms with Crippen molar-refractivity contribution in [1.29, 1.82) is 0 Å². The summed E-state index contributed by atoms with van der Waals surface area (Å²) in [6, 6.07) is 1.75. The van der Waals surface area contributed by atoms with Crippen LogP contribution in [-0.4, -0.2) is 36.6 Å². The zero-order valence-electron chi connectivity index (χ0n) is 9.47. The van der Waals surface area contributed by atoms with Gasteiger partial charge >= 0.3 is 0 Å². The summed E-state index contributed by atoms with van der Waals surface area (Å²) in [5, 5.41) is 3.57. The number of likely N-dealkylation sites (tertiary alicyclic amines) is 1. The lowest BCUT2D eigenvalue weighted by atomic mass is 10.0. The number of nitrogens with one attached hydrogen (secondary N) is 1. The van der Waals surface area contributed by atoms with E-state index in [1.54, 1.807) is 0 Å². The first-order valence-corrected chi connectivity index (χ1v) is 6.37. The normalized spacial score (nSPS) is 27.2. The topological polar surface area (TPSA) is 15.3 Å². The minimum absolute atomic E-state index is 0.803. The van der Waals surface area contributed by atoms with E-state index in [2.05, 4.69) is 17.1 Å². The zero-order valence-corrected chi connectivity index (χ0v) is 9.47. The molecule has 1 saturated heterocycles. The van der Waals surface area contributed by atoms with Crippen molar-refractivity contribution in [2.24, 2.45) is 0 Å². The van der Waals surface area contributed by atoms with E-state index in [4.69, 9.17) is 0 Å². The third kappa shape index (κ3) is 2.48. The summed E-state index contributed by atoms with van der Waals surface area (Å²) >= 11 is 0. The Hall–Kier alpha value is -0.0800. The molecule has 1 aliphatic heterocycles. The standard InChI is InChI=1S/C12H24N2/c1-2-13-11-7-9-14(10-8-11)12-5-3-4-6-12/h11-13H,2-10H2,1H3. The monoisotopic (exact) mass is 196 g/mol. The van der Waals surface area contributed by atoms with E-state index in [0.717, 1.165) is 18.6 Å². The molecule has 14 heavy (non-hydrogen) atoms. The summed E-state index contributed by atoms with van der Waals surface area (Å²) in [6.07, 6.45) is 8.60. The molecule has 0 amide bonds. The molecule has 2 fully saturated rings. The molecule has 0 aromatic heterocycles. The summed E-state index contributed by atoms with van der Waals surface area (Å²) < 4.78 is 0. The van der Waals surface area contributed by atoms with Gasteiger partial charge in [-0.05, 0) is 45.3 Å². The molecule has 2 aliphatic rings. The summed E-state index contributed by atoms with van der Waals surface area (Å²) in [6.45, 7) is 6.02. The Balaban J connectivity index is 1.72. The van der Waals surface area contributed by atoms with Gasteiger partial charge in [0.15, 0.2) is 0 Å². The fourth-order valence-electron chi connectivity index (χ4n) is 3.03. The van der Waals surface area contributed by atoms with Crippen LogP contribution in [0.25, 0.3) is 0 Å². The van der Waals surface area contributed by atoms with Crippen molar-refractivity contribution in [2.75, 3.05) is 19.6 Å². The number of piperidine rings is 1. The van der Waals surface area contributed by atoms with Crippen LogP contribution in [0.15, 0.2) is 0 Å². The van der Waals surface area contributed by atoms with E-state index < -0.39 is 0 Å². The van der Waals surface area contributed by atoms with Gasteiger partial charge in [-0.3, -0.25) is 0 Å². The van der Waals surface area contributed by atoms with Gasteiger partial charge in [0.25, 0.3) is 0 Å². The SMILES string of the molecule is CCNC1CCN(C2CCCC2)CC1. The highest BCUT2D eigenvalue weighted by molar-refractivity contribution is 4.83.